The van der Waals surface area contributed by atoms with Gasteiger partial charge in [-0.15, -0.1) is 0 Å². The molecule has 2 aromatic rings. The predicted octanol–water partition coefficient (Wildman–Crippen LogP) is 4.05. The van der Waals surface area contributed by atoms with Crippen LogP contribution in [0.1, 0.15) is 40.7 Å². The second-order valence-corrected chi connectivity index (χ2v) is 7.08. The van der Waals surface area contributed by atoms with Gasteiger partial charge in [-0.1, -0.05) is 35.9 Å². The van der Waals surface area contributed by atoms with E-state index < -0.39 is 0 Å². The van der Waals surface area contributed by atoms with Crippen molar-refractivity contribution in [3.63, 3.8) is 0 Å². The Morgan fingerprint density at radius 1 is 1.46 bits per heavy atom. The summed E-state index contributed by atoms with van der Waals surface area (Å²) in [5.74, 6) is -0.147. The summed E-state index contributed by atoms with van der Waals surface area (Å²) in [6.45, 7) is 4.53. The molecule has 1 aliphatic heterocycles. The molecular formula is C17H18ClN3O2S. The lowest BCUT2D eigenvalue weighted by atomic mass is 10.2. The van der Waals surface area contributed by atoms with Crippen LogP contribution < -0.4 is 10.2 Å². The van der Waals surface area contributed by atoms with Gasteiger partial charge in [0, 0.05) is 23.7 Å². The highest BCUT2D eigenvalue weighted by Gasteiger charge is 2.27. The molecule has 0 spiro atoms. The molecule has 1 aromatic carbocycles. The average Bonchev–Trinajstić information content (AvgIpc) is 3.16. The lowest BCUT2D eigenvalue weighted by molar-refractivity contribution is -0.117. The maximum atomic E-state index is 12.6. The van der Waals surface area contributed by atoms with Gasteiger partial charge in [0.1, 0.15) is 4.88 Å². The van der Waals surface area contributed by atoms with Crippen molar-refractivity contribution in [3.8, 4) is 0 Å². The minimum atomic E-state index is -0.220. The van der Waals surface area contributed by atoms with E-state index in [0.717, 1.165) is 12.0 Å². The highest BCUT2D eigenvalue weighted by atomic mass is 35.5. The summed E-state index contributed by atoms with van der Waals surface area (Å²) in [5.41, 5.74) is 2.31. The number of benzene rings is 1. The van der Waals surface area contributed by atoms with Crippen molar-refractivity contribution in [1.29, 1.82) is 0 Å². The van der Waals surface area contributed by atoms with Crippen LogP contribution in [-0.4, -0.2) is 23.3 Å². The number of aromatic nitrogens is 1. The zero-order chi connectivity index (χ0) is 17.3. The summed E-state index contributed by atoms with van der Waals surface area (Å²) >= 11 is 7.37. The summed E-state index contributed by atoms with van der Waals surface area (Å²) in [4.78, 5) is 31.2. The number of nitrogens with zero attached hydrogens (tertiary/aromatic N) is 2. The van der Waals surface area contributed by atoms with E-state index in [2.05, 4.69) is 10.3 Å². The molecule has 2 heterocycles. The number of nitrogens with one attached hydrogen (secondary N) is 1. The van der Waals surface area contributed by atoms with Crippen LogP contribution in [-0.2, 0) is 11.2 Å². The number of carbonyl (C=O) groups is 2. The van der Waals surface area contributed by atoms with E-state index in [0.29, 0.717) is 45.8 Å². The monoisotopic (exact) mass is 363 g/mol. The quantitative estimate of drug-likeness (QED) is 0.891. The lowest BCUT2D eigenvalue weighted by Gasteiger charge is -2.10. The number of carbonyl (C=O) groups excluding carboxylic acids is 2. The minimum absolute atomic E-state index is 0.0728. The first-order chi connectivity index (χ1) is 11.5. The fraction of sp³-hybridized carbons (Fsp3) is 0.353. The van der Waals surface area contributed by atoms with Crippen LogP contribution in [0, 0.1) is 6.92 Å². The van der Waals surface area contributed by atoms with Crippen LogP contribution in [0.2, 0.25) is 5.02 Å². The van der Waals surface area contributed by atoms with Crippen LogP contribution in [0.15, 0.2) is 18.2 Å². The topological polar surface area (TPSA) is 62.3 Å². The molecule has 7 heteroatoms. The standard InChI is InChI=1S/C17H18ClN3O2S/c1-3-13-15(24-17(20-13)21-8-4-5-14(21)22)16(23)19-11-7-6-10(2)12(18)9-11/h6-7,9H,3-5,8H2,1-2H3,(H,19,23). The van der Waals surface area contributed by atoms with Crippen molar-refractivity contribution in [2.45, 2.75) is 33.1 Å². The van der Waals surface area contributed by atoms with Gasteiger partial charge in [0.15, 0.2) is 5.13 Å². The highest BCUT2D eigenvalue weighted by molar-refractivity contribution is 7.18. The van der Waals surface area contributed by atoms with Crippen molar-refractivity contribution in [2.75, 3.05) is 16.8 Å². The van der Waals surface area contributed by atoms with E-state index in [1.165, 1.54) is 11.3 Å². The van der Waals surface area contributed by atoms with Gasteiger partial charge in [0.05, 0.1) is 5.69 Å². The Hall–Kier alpha value is -1.92. The van der Waals surface area contributed by atoms with Crippen molar-refractivity contribution in [3.05, 3.63) is 39.4 Å². The molecule has 1 N–H and O–H groups in total. The number of aryl methyl sites for hydroxylation is 2. The Kier molecular flexibility index (Phi) is 4.87. The van der Waals surface area contributed by atoms with Crippen LogP contribution in [0.5, 0.6) is 0 Å². The van der Waals surface area contributed by atoms with E-state index in [-0.39, 0.29) is 11.8 Å². The van der Waals surface area contributed by atoms with Gasteiger partial charge in [-0.3, -0.25) is 14.5 Å². The summed E-state index contributed by atoms with van der Waals surface area (Å²) in [5, 5.41) is 4.08. The van der Waals surface area contributed by atoms with Crippen molar-refractivity contribution in [1.82, 2.24) is 4.98 Å². The number of amides is 2. The van der Waals surface area contributed by atoms with E-state index in [1.54, 1.807) is 11.0 Å². The molecule has 1 fully saturated rings. The number of anilines is 2. The molecule has 1 aromatic heterocycles. The molecule has 1 saturated heterocycles. The molecule has 2 amide bonds. The normalized spacial score (nSPS) is 14.3. The molecular weight excluding hydrogens is 346 g/mol. The van der Waals surface area contributed by atoms with Gasteiger partial charge in [-0.25, -0.2) is 4.98 Å². The third kappa shape index (κ3) is 3.30. The number of hydrogen-bond acceptors (Lipinski definition) is 4. The third-order valence-electron chi connectivity index (χ3n) is 3.96. The molecule has 24 heavy (non-hydrogen) atoms. The summed E-state index contributed by atoms with van der Waals surface area (Å²) < 4.78 is 0. The molecule has 0 aliphatic carbocycles. The van der Waals surface area contributed by atoms with Crippen LogP contribution in [0.4, 0.5) is 10.8 Å². The number of hydrogen-bond donors (Lipinski definition) is 1. The maximum absolute atomic E-state index is 12.6. The highest BCUT2D eigenvalue weighted by Crippen LogP contribution is 2.31. The smallest absolute Gasteiger partial charge is 0.267 e. The van der Waals surface area contributed by atoms with Gasteiger partial charge in [-0.05, 0) is 37.5 Å². The molecule has 0 bridgehead atoms. The predicted molar refractivity (Wildman–Crippen MR) is 97.2 cm³/mol. The van der Waals surface area contributed by atoms with E-state index in [4.69, 9.17) is 11.6 Å². The minimum Gasteiger partial charge on any atom is -0.321 e. The van der Waals surface area contributed by atoms with Crippen molar-refractivity contribution >= 4 is 45.6 Å². The summed E-state index contributed by atoms with van der Waals surface area (Å²) in [6, 6.07) is 5.41. The van der Waals surface area contributed by atoms with Gasteiger partial charge in [-0.2, -0.15) is 0 Å². The molecule has 3 rings (SSSR count). The third-order valence-corrected chi connectivity index (χ3v) is 5.49. The first-order valence-corrected chi connectivity index (χ1v) is 9.06. The Bertz CT molecular complexity index is 803. The Labute approximate surface area is 149 Å². The van der Waals surface area contributed by atoms with E-state index in [1.807, 2.05) is 26.0 Å². The first-order valence-electron chi connectivity index (χ1n) is 7.87. The molecule has 1 aliphatic rings. The molecule has 0 unspecified atom stereocenters. The molecule has 0 radical (unpaired) electrons. The fourth-order valence-electron chi connectivity index (χ4n) is 2.58. The average molecular weight is 364 g/mol. The molecule has 0 saturated carbocycles. The van der Waals surface area contributed by atoms with E-state index in [9.17, 15) is 9.59 Å². The van der Waals surface area contributed by atoms with Crippen molar-refractivity contribution < 1.29 is 9.59 Å². The van der Waals surface area contributed by atoms with Gasteiger partial charge < -0.3 is 5.32 Å². The first kappa shape index (κ1) is 16.9. The zero-order valence-electron chi connectivity index (χ0n) is 13.6. The van der Waals surface area contributed by atoms with Crippen molar-refractivity contribution in [2.24, 2.45) is 0 Å². The Balaban J connectivity index is 1.84. The number of halogens is 1. The van der Waals surface area contributed by atoms with Gasteiger partial charge in [0.2, 0.25) is 5.91 Å². The zero-order valence-corrected chi connectivity index (χ0v) is 15.1. The summed E-state index contributed by atoms with van der Waals surface area (Å²) in [6.07, 6.45) is 2.02. The fourth-order valence-corrected chi connectivity index (χ4v) is 3.85. The molecule has 126 valence electrons. The maximum Gasteiger partial charge on any atom is 0.267 e. The summed E-state index contributed by atoms with van der Waals surface area (Å²) in [7, 11) is 0. The van der Waals surface area contributed by atoms with Crippen LogP contribution >= 0.6 is 22.9 Å². The molecule has 5 nitrogen and oxygen atoms in total. The second kappa shape index (κ2) is 6.91. The Morgan fingerprint density at radius 3 is 2.88 bits per heavy atom. The second-order valence-electron chi connectivity index (χ2n) is 5.69. The lowest BCUT2D eigenvalue weighted by Crippen LogP contribution is -2.23. The number of thiazole rings is 1. The molecule has 0 atom stereocenters. The SMILES string of the molecule is CCc1nc(N2CCCC2=O)sc1C(=O)Nc1ccc(C)c(Cl)c1. The largest absolute Gasteiger partial charge is 0.321 e. The van der Waals surface area contributed by atoms with Gasteiger partial charge >= 0.3 is 0 Å². The van der Waals surface area contributed by atoms with Crippen LogP contribution in [0.25, 0.3) is 0 Å². The van der Waals surface area contributed by atoms with Crippen LogP contribution in [0.3, 0.4) is 0 Å². The Morgan fingerprint density at radius 2 is 2.25 bits per heavy atom. The number of rotatable bonds is 4. The van der Waals surface area contributed by atoms with E-state index >= 15 is 0 Å². The van der Waals surface area contributed by atoms with Gasteiger partial charge in [0.25, 0.3) is 5.91 Å².